The molecule has 0 saturated carbocycles. The zero-order chi connectivity index (χ0) is 8.97. The van der Waals surface area contributed by atoms with Crippen molar-refractivity contribution in [1.29, 1.82) is 0 Å². The van der Waals surface area contributed by atoms with Gasteiger partial charge >= 0.3 is 0 Å². The summed E-state index contributed by atoms with van der Waals surface area (Å²) in [7, 11) is 0. The van der Waals surface area contributed by atoms with Gasteiger partial charge in [-0.25, -0.2) is 0 Å². The average molecular weight is 167 g/mol. The van der Waals surface area contributed by atoms with Crippen molar-refractivity contribution in [2.45, 2.75) is 46.1 Å². The first-order valence-electron chi connectivity index (χ1n) is 5.13. The van der Waals surface area contributed by atoms with Crippen LogP contribution in [0.5, 0.6) is 0 Å². The molecule has 1 N–H and O–H groups in total. The normalized spacial score (nSPS) is 30.1. The van der Waals surface area contributed by atoms with E-state index in [0.29, 0.717) is 0 Å². The number of hydrogen-bond acceptors (Lipinski definition) is 1. The highest BCUT2D eigenvalue weighted by Crippen LogP contribution is 2.23. The summed E-state index contributed by atoms with van der Waals surface area (Å²) in [5.74, 6) is 0.821. The molecule has 1 aliphatic carbocycles. The van der Waals surface area contributed by atoms with Crippen LogP contribution < -0.4 is 5.32 Å². The van der Waals surface area contributed by atoms with Crippen LogP contribution in [0.1, 0.15) is 40.0 Å². The molecule has 12 heavy (non-hydrogen) atoms. The number of hydrogen-bond donors (Lipinski definition) is 1. The molecule has 0 fully saturated rings. The molecule has 2 unspecified atom stereocenters. The molecule has 1 aliphatic rings. The van der Waals surface area contributed by atoms with Crippen molar-refractivity contribution in [1.82, 2.24) is 5.32 Å². The van der Waals surface area contributed by atoms with Crippen molar-refractivity contribution in [3.63, 3.8) is 0 Å². The largest absolute Gasteiger partial charge is 0.313 e. The van der Waals surface area contributed by atoms with Gasteiger partial charge in [0.25, 0.3) is 0 Å². The number of allylic oxidation sites excluding steroid dienone is 1. The van der Waals surface area contributed by atoms with Crippen LogP contribution in [0.2, 0.25) is 0 Å². The number of nitrogens with one attached hydrogen (secondary N) is 1. The summed E-state index contributed by atoms with van der Waals surface area (Å²) in [6.07, 6.45) is 6.13. The van der Waals surface area contributed by atoms with Crippen LogP contribution in [0.3, 0.4) is 0 Å². The van der Waals surface area contributed by atoms with Crippen LogP contribution >= 0.6 is 0 Å². The molecule has 2 atom stereocenters. The second-order valence-electron chi connectivity index (χ2n) is 4.03. The predicted octanol–water partition coefficient (Wildman–Crippen LogP) is 2.73. The van der Waals surface area contributed by atoms with Crippen LogP contribution in [0.4, 0.5) is 0 Å². The summed E-state index contributed by atoms with van der Waals surface area (Å²) in [4.78, 5) is 0. The third-order valence-electron chi connectivity index (χ3n) is 2.71. The summed E-state index contributed by atoms with van der Waals surface area (Å²) in [6, 6.07) is 0.730. The lowest BCUT2D eigenvalue weighted by atomic mass is 9.86. The van der Waals surface area contributed by atoms with E-state index in [1.54, 1.807) is 5.57 Å². The fraction of sp³-hybridized carbons (Fsp3) is 0.818. The third-order valence-corrected chi connectivity index (χ3v) is 2.71. The Balaban J connectivity index is 2.35. The van der Waals surface area contributed by atoms with Crippen LogP contribution in [0, 0.1) is 5.92 Å². The van der Waals surface area contributed by atoms with E-state index in [-0.39, 0.29) is 0 Å². The fourth-order valence-electron chi connectivity index (χ4n) is 1.91. The summed E-state index contributed by atoms with van der Waals surface area (Å²) in [5.41, 5.74) is 1.57. The second kappa shape index (κ2) is 4.66. The highest BCUT2D eigenvalue weighted by molar-refractivity contribution is 5.06. The summed E-state index contributed by atoms with van der Waals surface area (Å²) >= 11 is 0. The minimum absolute atomic E-state index is 0.730. The Labute approximate surface area is 76.2 Å². The molecular weight excluding hydrogens is 146 g/mol. The number of rotatable bonds is 3. The van der Waals surface area contributed by atoms with Gasteiger partial charge in [-0.3, -0.25) is 0 Å². The summed E-state index contributed by atoms with van der Waals surface area (Å²) in [5, 5.41) is 3.60. The van der Waals surface area contributed by atoms with Gasteiger partial charge < -0.3 is 5.32 Å². The molecule has 1 heteroatoms. The minimum atomic E-state index is 0.730. The molecule has 70 valence electrons. The Morgan fingerprint density at radius 3 is 2.92 bits per heavy atom. The molecule has 0 aromatic heterocycles. The lowest BCUT2D eigenvalue weighted by Gasteiger charge is -2.28. The smallest absolute Gasteiger partial charge is 0.0130 e. The lowest BCUT2D eigenvalue weighted by Crippen LogP contribution is -2.36. The predicted molar refractivity (Wildman–Crippen MR) is 54.2 cm³/mol. The van der Waals surface area contributed by atoms with Gasteiger partial charge in [0.2, 0.25) is 0 Å². The minimum Gasteiger partial charge on any atom is -0.313 e. The van der Waals surface area contributed by atoms with Crippen molar-refractivity contribution in [2.24, 2.45) is 5.92 Å². The Kier molecular flexibility index (Phi) is 3.80. The maximum atomic E-state index is 3.60. The van der Waals surface area contributed by atoms with E-state index in [0.717, 1.165) is 12.0 Å². The first-order chi connectivity index (χ1) is 5.74. The van der Waals surface area contributed by atoms with Gasteiger partial charge in [-0.05, 0) is 38.6 Å². The quantitative estimate of drug-likeness (QED) is 0.637. The van der Waals surface area contributed by atoms with E-state index in [9.17, 15) is 0 Å². The van der Waals surface area contributed by atoms with E-state index < -0.39 is 0 Å². The van der Waals surface area contributed by atoms with Gasteiger partial charge in [-0.15, -0.1) is 0 Å². The third kappa shape index (κ3) is 2.63. The van der Waals surface area contributed by atoms with Crippen molar-refractivity contribution in [3.05, 3.63) is 11.6 Å². The van der Waals surface area contributed by atoms with Crippen LogP contribution in [0.15, 0.2) is 11.6 Å². The van der Waals surface area contributed by atoms with Gasteiger partial charge in [0, 0.05) is 6.04 Å². The zero-order valence-corrected chi connectivity index (χ0v) is 8.56. The molecule has 0 aromatic rings. The lowest BCUT2D eigenvalue weighted by molar-refractivity contribution is 0.360. The molecular formula is C11H21N. The van der Waals surface area contributed by atoms with Crippen molar-refractivity contribution in [2.75, 3.05) is 6.54 Å². The second-order valence-corrected chi connectivity index (χ2v) is 4.03. The van der Waals surface area contributed by atoms with Crippen molar-refractivity contribution in [3.8, 4) is 0 Å². The molecule has 0 radical (unpaired) electrons. The van der Waals surface area contributed by atoms with E-state index in [1.807, 2.05) is 0 Å². The zero-order valence-electron chi connectivity index (χ0n) is 8.56. The topological polar surface area (TPSA) is 12.0 Å². The summed E-state index contributed by atoms with van der Waals surface area (Å²) < 4.78 is 0. The highest BCUT2D eigenvalue weighted by atomic mass is 14.9. The fourth-order valence-corrected chi connectivity index (χ4v) is 1.91. The first-order valence-corrected chi connectivity index (χ1v) is 5.13. The van der Waals surface area contributed by atoms with Crippen LogP contribution in [-0.4, -0.2) is 12.6 Å². The molecule has 0 aliphatic heterocycles. The van der Waals surface area contributed by atoms with E-state index in [1.165, 1.54) is 25.8 Å². The monoisotopic (exact) mass is 167 g/mol. The van der Waals surface area contributed by atoms with Crippen LogP contribution in [-0.2, 0) is 0 Å². The molecule has 0 saturated heterocycles. The van der Waals surface area contributed by atoms with Crippen molar-refractivity contribution < 1.29 is 0 Å². The first kappa shape index (κ1) is 9.79. The molecule has 0 amide bonds. The Morgan fingerprint density at radius 1 is 1.58 bits per heavy atom. The average Bonchev–Trinajstić information content (AvgIpc) is 2.03. The molecule has 0 spiro atoms. The van der Waals surface area contributed by atoms with Gasteiger partial charge in [0.05, 0.1) is 0 Å². The molecule has 1 rings (SSSR count). The van der Waals surface area contributed by atoms with Crippen molar-refractivity contribution >= 4 is 0 Å². The Bertz CT molecular complexity index is 160. The Morgan fingerprint density at radius 2 is 2.33 bits per heavy atom. The molecule has 0 heterocycles. The van der Waals surface area contributed by atoms with Gasteiger partial charge in [-0.1, -0.05) is 25.5 Å². The van der Waals surface area contributed by atoms with Crippen LogP contribution in [0.25, 0.3) is 0 Å². The maximum absolute atomic E-state index is 3.60. The van der Waals surface area contributed by atoms with E-state index >= 15 is 0 Å². The standard InChI is InChI=1S/C11H21N/c1-4-7-12-11-6-5-9(2)8-10(11)3/h5,10-12H,4,6-8H2,1-3H3. The van der Waals surface area contributed by atoms with E-state index in [2.05, 4.69) is 32.2 Å². The van der Waals surface area contributed by atoms with Gasteiger partial charge in [-0.2, -0.15) is 0 Å². The summed E-state index contributed by atoms with van der Waals surface area (Å²) in [6.45, 7) is 7.99. The Hall–Kier alpha value is -0.300. The SMILES string of the molecule is CCCNC1CC=C(C)CC1C. The molecule has 0 aromatic carbocycles. The van der Waals surface area contributed by atoms with Gasteiger partial charge in [0.15, 0.2) is 0 Å². The van der Waals surface area contributed by atoms with E-state index in [4.69, 9.17) is 0 Å². The molecule has 0 bridgehead atoms. The maximum Gasteiger partial charge on any atom is 0.0130 e. The highest BCUT2D eigenvalue weighted by Gasteiger charge is 2.19. The molecule has 1 nitrogen and oxygen atoms in total. The van der Waals surface area contributed by atoms with Gasteiger partial charge in [0.1, 0.15) is 0 Å².